The van der Waals surface area contributed by atoms with Crippen LogP contribution in [0.5, 0.6) is 5.88 Å². The number of hydrogen-bond acceptors (Lipinski definition) is 5. The van der Waals surface area contributed by atoms with Crippen LogP contribution in [-0.4, -0.2) is 29.6 Å². The molecule has 1 aromatic heterocycles. The normalized spacial score (nSPS) is 10.4. The van der Waals surface area contributed by atoms with Crippen molar-refractivity contribution in [2.24, 2.45) is 0 Å². The average molecular weight is 394 g/mol. The van der Waals surface area contributed by atoms with E-state index in [9.17, 15) is 0 Å². The van der Waals surface area contributed by atoms with E-state index in [2.05, 4.69) is 36.3 Å². The molecule has 1 N–H and O–H groups in total. The molecule has 0 saturated heterocycles. The van der Waals surface area contributed by atoms with Crippen LogP contribution in [-0.2, 0) is 11.2 Å². The fraction of sp³-hybridized carbons (Fsp3) is 0.375. The molecule has 0 fully saturated rings. The van der Waals surface area contributed by atoms with Gasteiger partial charge in [0.05, 0.1) is 25.1 Å². The second-order valence-electron chi connectivity index (χ2n) is 6.88. The number of unbranched alkanes of at least 4 members (excludes halogenated alkanes) is 4. The predicted molar refractivity (Wildman–Crippen MR) is 120 cm³/mol. The smallest absolute Gasteiger partial charge is 0.240 e. The number of aromatic nitrogens is 2. The van der Waals surface area contributed by atoms with Gasteiger partial charge in [-0.2, -0.15) is 0 Å². The van der Waals surface area contributed by atoms with Gasteiger partial charge >= 0.3 is 0 Å². The number of ether oxygens (including phenoxy) is 2. The predicted octanol–water partition coefficient (Wildman–Crippen LogP) is 5.94. The van der Waals surface area contributed by atoms with Crippen molar-refractivity contribution in [3.63, 3.8) is 0 Å². The highest BCUT2D eigenvalue weighted by atomic mass is 16.5. The molecule has 0 amide bonds. The molecule has 0 atom stereocenters. The van der Waals surface area contributed by atoms with E-state index in [0.717, 1.165) is 36.9 Å². The highest BCUT2D eigenvalue weighted by Gasteiger charge is 2.13. The Morgan fingerprint density at radius 1 is 1.03 bits per heavy atom. The van der Waals surface area contributed by atoms with E-state index in [1.54, 1.807) is 26.2 Å². The van der Waals surface area contributed by atoms with E-state index < -0.39 is 0 Å². The number of rotatable bonds is 12. The largest absolute Gasteiger partial charge is 0.481 e. The molecule has 0 aliphatic rings. The maximum absolute atomic E-state index is 7.24. The van der Waals surface area contributed by atoms with Gasteiger partial charge in [-0.1, -0.05) is 50.6 Å². The van der Waals surface area contributed by atoms with Gasteiger partial charge < -0.3 is 9.47 Å². The summed E-state index contributed by atoms with van der Waals surface area (Å²) in [6.45, 7) is 9.92. The number of aryl methyl sites for hydroxylation is 1. The summed E-state index contributed by atoms with van der Waals surface area (Å²) in [6.07, 6.45) is 10.0. The first-order valence-electron chi connectivity index (χ1n) is 10.1. The van der Waals surface area contributed by atoms with E-state index in [0.29, 0.717) is 29.8 Å². The summed E-state index contributed by atoms with van der Waals surface area (Å²) in [5, 5.41) is 7.24. The highest BCUT2D eigenvalue weighted by molar-refractivity contribution is 5.70. The Labute approximate surface area is 174 Å². The maximum Gasteiger partial charge on any atom is 0.240 e. The van der Waals surface area contributed by atoms with Gasteiger partial charge in [-0.3, -0.25) is 5.41 Å². The van der Waals surface area contributed by atoms with Crippen molar-refractivity contribution >= 4 is 18.0 Å². The molecule has 29 heavy (non-hydrogen) atoms. The van der Waals surface area contributed by atoms with Gasteiger partial charge in [0.1, 0.15) is 5.69 Å². The van der Waals surface area contributed by atoms with Gasteiger partial charge in [-0.05, 0) is 43.0 Å². The topological polar surface area (TPSA) is 68.1 Å². The fourth-order valence-electron chi connectivity index (χ4n) is 3.14. The van der Waals surface area contributed by atoms with Gasteiger partial charge in [0.15, 0.2) is 5.90 Å². The zero-order valence-electron chi connectivity index (χ0n) is 17.5. The third kappa shape index (κ3) is 6.86. The summed E-state index contributed by atoms with van der Waals surface area (Å²) < 4.78 is 10.6. The number of methoxy groups -OCH3 is 1. The number of hydrogen-bond donors (Lipinski definition) is 1. The molecule has 2 rings (SSSR count). The van der Waals surface area contributed by atoms with Crippen LogP contribution in [0.3, 0.4) is 0 Å². The Kier molecular flexibility index (Phi) is 9.09. The molecule has 1 heterocycles. The lowest BCUT2D eigenvalue weighted by molar-refractivity contribution is 0.287. The van der Waals surface area contributed by atoms with E-state index >= 15 is 0 Å². The Balaban J connectivity index is 1.97. The number of nitrogens with one attached hydrogen (secondary N) is 1. The molecule has 1 aromatic carbocycles. The number of nitrogens with zero attached hydrogens (tertiary/aromatic N) is 2. The van der Waals surface area contributed by atoms with Gasteiger partial charge in [0, 0.05) is 12.5 Å². The van der Waals surface area contributed by atoms with Crippen LogP contribution in [0.2, 0.25) is 0 Å². The Bertz CT molecular complexity index is 846. The van der Waals surface area contributed by atoms with E-state index in [1.807, 2.05) is 6.07 Å². The lowest BCUT2D eigenvalue weighted by Crippen LogP contribution is -2.01. The minimum Gasteiger partial charge on any atom is -0.481 e. The lowest BCUT2D eigenvalue weighted by atomic mass is 10.0. The summed E-state index contributed by atoms with van der Waals surface area (Å²) in [5.41, 5.74) is 4.35. The first-order valence-corrected chi connectivity index (χ1v) is 10.1. The van der Waals surface area contributed by atoms with E-state index in [1.165, 1.54) is 18.4 Å². The molecular formula is C24H31N3O2. The molecule has 0 spiro atoms. The molecular weight excluding hydrogens is 362 g/mol. The zero-order chi connectivity index (χ0) is 21.1. The van der Waals surface area contributed by atoms with Gasteiger partial charge in [0.25, 0.3) is 0 Å². The van der Waals surface area contributed by atoms with Crippen LogP contribution in [0.4, 0.5) is 0 Å². The van der Waals surface area contributed by atoms with Crippen molar-refractivity contribution < 1.29 is 9.47 Å². The summed E-state index contributed by atoms with van der Waals surface area (Å²) in [6, 6.07) is 8.39. The molecule has 5 nitrogen and oxygen atoms in total. The maximum atomic E-state index is 7.24. The summed E-state index contributed by atoms with van der Waals surface area (Å²) in [4.78, 5) is 9.20. The molecule has 0 aliphatic heterocycles. The SMILES string of the molecule is C=Cc1nc(OC)c(-c2cccc(CCCCCCCOC(C)=N)c2)nc1C=C. The minimum atomic E-state index is 0.297. The second-order valence-corrected chi connectivity index (χ2v) is 6.88. The Morgan fingerprint density at radius 2 is 1.72 bits per heavy atom. The second kappa shape index (κ2) is 11.8. The Hall–Kier alpha value is -2.95. The number of benzene rings is 1. The highest BCUT2D eigenvalue weighted by Crippen LogP contribution is 2.29. The van der Waals surface area contributed by atoms with Gasteiger partial charge in [-0.25, -0.2) is 9.97 Å². The van der Waals surface area contributed by atoms with Gasteiger partial charge in [-0.15, -0.1) is 0 Å². The zero-order valence-corrected chi connectivity index (χ0v) is 17.5. The summed E-state index contributed by atoms with van der Waals surface area (Å²) in [5.74, 6) is 0.788. The summed E-state index contributed by atoms with van der Waals surface area (Å²) >= 11 is 0. The molecule has 154 valence electrons. The molecule has 5 heteroatoms. The molecule has 2 aromatic rings. The van der Waals surface area contributed by atoms with Crippen LogP contribution in [0.25, 0.3) is 23.4 Å². The quantitative estimate of drug-likeness (QED) is 0.275. The van der Waals surface area contributed by atoms with Gasteiger partial charge in [0.2, 0.25) is 5.88 Å². The van der Waals surface area contributed by atoms with Crippen molar-refractivity contribution in [3.8, 4) is 17.1 Å². The molecule has 0 unspecified atom stereocenters. The monoisotopic (exact) mass is 393 g/mol. The lowest BCUT2D eigenvalue weighted by Gasteiger charge is -2.11. The average Bonchev–Trinajstić information content (AvgIpc) is 2.74. The van der Waals surface area contributed by atoms with Crippen molar-refractivity contribution in [2.45, 2.75) is 45.4 Å². The third-order valence-corrected chi connectivity index (χ3v) is 4.63. The first kappa shape index (κ1) is 22.3. The van der Waals surface area contributed by atoms with Crippen LogP contribution >= 0.6 is 0 Å². The van der Waals surface area contributed by atoms with E-state index in [4.69, 9.17) is 19.9 Å². The first-order chi connectivity index (χ1) is 14.1. The van der Waals surface area contributed by atoms with Crippen LogP contribution < -0.4 is 4.74 Å². The molecule has 0 aliphatic carbocycles. The van der Waals surface area contributed by atoms with Crippen molar-refractivity contribution in [2.75, 3.05) is 13.7 Å². The molecule has 0 saturated carbocycles. The summed E-state index contributed by atoms with van der Waals surface area (Å²) in [7, 11) is 1.60. The van der Waals surface area contributed by atoms with Crippen LogP contribution in [0.15, 0.2) is 37.4 Å². The fourth-order valence-corrected chi connectivity index (χ4v) is 3.14. The van der Waals surface area contributed by atoms with Crippen LogP contribution in [0, 0.1) is 5.41 Å². The van der Waals surface area contributed by atoms with E-state index in [-0.39, 0.29) is 0 Å². The minimum absolute atomic E-state index is 0.297. The van der Waals surface area contributed by atoms with Crippen molar-refractivity contribution in [1.82, 2.24) is 9.97 Å². The third-order valence-electron chi connectivity index (χ3n) is 4.63. The molecule has 0 bridgehead atoms. The van der Waals surface area contributed by atoms with Crippen LogP contribution in [0.1, 0.15) is 56.0 Å². The standard InChI is InChI=1S/C24H31N3O2/c1-5-21-22(6-2)27-24(28-4)23(26-21)20-15-12-14-19(17-20)13-10-8-7-9-11-16-29-18(3)25/h5-6,12,14-15,17,25H,1-2,7-11,13,16H2,3-4H3. The van der Waals surface area contributed by atoms with Crippen molar-refractivity contribution in [1.29, 1.82) is 5.41 Å². The molecule has 0 radical (unpaired) electrons. The van der Waals surface area contributed by atoms with Crippen molar-refractivity contribution in [3.05, 3.63) is 54.4 Å². The Morgan fingerprint density at radius 3 is 2.41 bits per heavy atom.